The first-order valence-electron chi connectivity index (χ1n) is 4.55. The number of fused-ring (bicyclic) bond motifs is 2. The predicted molar refractivity (Wildman–Crippen MR) is 52.4 cm³/mol. The number of rotatable bonds is 0. The molecule has 0 saturated carbocycles. The van der Waals surface area contributed by atoms with Crippen molar-refractivity contribution in [3.63, 3.8) is 0 Å². The molecule has 0 fully saturated rings. The zero-order valence-electron chi connectivity index (χ0n) is 7.53. The van der Waals surface area contributed by atoms with Crippen molar-refractivity contribution in [1.29, 1.82) is 0 Å². The average molecular weight is 182 g/mol. The van der Waals surface area contributed by atoms with Crippen LogP contribution in [-0.4, -0.2) is 4.98 Å². The minimum absolute atomic E-state index is 0.686. The van der Waals surface area contributed by atoms with Gasteiger partial charge in [-0.3, -0.25) is 0 Å². The van der Waals surface area contributed by atoms with Gasteiger partial charge in [0.25, 0.3) is 0 Å². The van der Waals surface area contributed by atoms with Crippen LogP contribution in [0.25, 0.3) is 0 Å². The van der Waals surface area contributed by atoms with Gasteiger partial charge in [-0.25, -0.2) is 4.98 Å². The third-order valence-corrected chi connectivity index (χ3v) is 2.36. The topological polar surface area (TPSA) is 22.1 Å². The Morgan fingerprint density at radius 3 is 3.07 bits per heavy atom. The van der Waals surface area contributed by atoms with Gasteiger partial charge >= 0.3 is 0 Å². The van der Waals surface area contributed by atoms with E-state index in [-0.39, 0.29) is 0 Å². The molecule has 0 bridgehead atoms. The van der Waals surface area contributed by atoms with E-state index in [1.54, 1.807) is 0 Å². The SMILES string of the molecule is [c]1ccc2c(n1)Oc1ccccc1C2. The molecule has 0 atom stereocenters. The normalized spacial score (nSPS) is 12.6. The van der Waals surface area contributed by atoms with Crippen LogP contribution in [0.15, 0.2) is 36.4 Å². The molecule has 0 saturated heterocycles. The molecule has 2 heteroatoms. The van der Waals surface area contributed by atoms with Crippen LogP contribution in [0.4, 0.5) is 0 Å². The summed E-state index contributed by atoms with van der Waals surface area (Å²) in [4.78, 5) is 4.07. The quantitative estimate of drug-likeness (QED) is 0.533. The summed E-state index contributed by atoms with van der Waals surface area (Å²) in [6.07, 6.45) is 3.67. The summed E-state index contributed by atoms with van der Waals surface area (Å²) in [6.45, 7) is 0. The fraction of sp³-hybridized carbons (Fsp3) is 0.0833. The summed E-state index contributed by atoms with van der Waals surface area (Å²) >= 11 is 0. The van der Waals surface area contributed by atoms with Gasteiger partial charge in [0, 0.05) is 12.0 Å². The third-order valence-electron chi connectivity index (χ3n) is 2.36. The Kier molecular flexibility index (Phi) is 1.53. The van der Waals surface area contributed by atoms with Crippen LogP contribution in [0, 0.1) is 6.20 Å². The molecule has 67 valence electrons. The third kappa shape index (κ3) is 1.08. The van der Waals surface area contributed by atoms with E-state index in [4.69, 9.17) is 4.74 Å². The zero-order valence-corrected chi connectivity index (χ0v) is 7.53. The van der Waals surface area contributed by atoms with Gasteiger partial charge < -0.3 is 4.74 Å². The molecule has 1 aliphatic heterocycles. The van der Waals surface area contributed by atoms with Crippen LogP contribution < -0.4 is 4.74 Å². The van der Waals surface area contributed by atoms with Gasteiger partial charge in [-0.05, 0) is 17.7 Å². The molecule has 14 heavy (non-hydrogen) atoms. The van der Waals surface area contributed by atoms with Gasteiger partial charge in [0.2, 0.25) is 5.88 Å². The monoisotopic (exact) mass is 182 g/mol. The van der Waals surface area contributed by atoms with E-state index in [9.17, 15) is 0 Å². The number of pyridine rings is 1. The van der Waals surface area contributed by atoms with E-state index in [2.05, 4.69) is 17.2 Å². The fourth-order valence-corrected chi connectivity index (χ4v) is 1.66. The van der Waals surface area contributed by atoms with Crippen LogP contribution >= 0.6 is 0 Å². The Morgan fingerprint density at radius 1 is 1.14 bits per heavy atom. The van der Waals surface area contributed by atoms with E-state index in [1.165, 1.54) is 5.56 Å². The lowest BCUT2D eigenvalue weighted by Crippen LogP contribution is -2.03. The van der Waals surface area contributed by atoms with Crippen molar-refractivity contribution in [3.8, 4) is 11.6 Å². The Balaban J connectivity index is 2.12. The van der Waals surface area contributed by atoms with Crippen molar-refractivity contribution in [1.82, 2.24) is 4.98 Å². The van der Waals surface area contributed by atoms with E-state index in [0.29, 0.717) is 5.88 Å². The van der Waals surface area contributed by atoms with Crippen LogP contribution in [0.5, 0.6) is 11.6 Å². The van der Waals surface area contributed by atoms with Crippen LogP contribution in [0.1, 0.15) is 11.1 Å². The van der Waals surface area contributed by atoms with Crippen molar-refractivity contribution < 1.29 is 4.74 Å². The van der Waals surface area contributed by atoms with Crippen LogP contribution in [0.3, 0.4) is 0 Å². The molecular weight excluding hydrogens is 174 g/mol. The van der Waals surface area contributed by atoms with E-state index in [0.717, 1.165) is 17.7 Å². The van der Waals surface area contributed by atoms with Gasteiger partial charge in [-0.15, -0.1) is 0 Å². The number of hydrogen-bond donors (Lipinski definition) is 0. The summed E-state index contributed by atoms with van der Waals surface area (Å²) in [5.74, 6) is 1.60. The Hall–Kier alpha value is -1.83. The van der Waals surface area contributed by atoms with E-state index in [1.807, 2.05) is 30.3 Å². The highest BCUT2D eigenvalue weighted by molar-refractivity contribution is 5.46. The standard InChI is InChI=1S/C12H8NO/c1-2-6-11-9(4-1)8-10-5-3-7-13-12(10)14-11/h1-6H,8H2. The second kappa shape index (κ2) is 2.84. The molecule has 1 radical (unpaired) electrons. The molecular formula is C12H8NO. The maximum atomic E-state index is 5.64. The molecule has 3 rings (SSSR count). The molecule has 1 aromatic carbocycles. The second-order valence-corrected chi connectivity index (χ2v) is 3.29. The molecule has 0 amide bonds. The summed E-state index contributed by atoms with van der Waals surface area (Å²) in [7, 11) is 0. The van der Waals surface area contributed by atoms with Crippen LogP contribution in [0.2, 0.25) is 0 Å². The van der Waals surface area contributed by atoms with E-state index >= 15 is 0 Å². The molecule has 2 nitrogen and oxygen atoms in total. The van der Waals surface area contributed by atoms with Gasteiger partial charge in [0.15, 0.2) is 0 Å². The van der Waals surface area contributed by atoms with Gasteiger partial charge in [-0.2, -0.15) is 0 Å². The number of benzene rings is 1. The largest absolute Gasteiger partial charge is 0.438 e. The number of nitrogens with zero attached hydrogens (tertiary/aromatic N) is 1. The fourth-order valence-electron chi connectivity index (χ4n) is 1.66. The minimum Gasteiger partial charge on any atom is -0.438 e. The van der Waals surface area contributed by atoms with Crippen molar-refractivity contribution in [2.75, 3.05) is 0 Å². The van der Waals surface area contributed by atoms with Gasteiger partial charge in [0.1, 0.15) is 5.75 Å². The van der Waals surface area contributed by atoms with Crippen LogP contribution in [-0.2, 0) is 6.42 Å². The number of ether oxygens (including phenoxy) is 1. The number of hydrogen-bond acceptors (Lipinski definition) is 2. The van der Waals surface area contributed by atoms with Gasteiger partial charge in [-0.1, -0.05) is 24.3 Å². The summed E-state index contributed by atoms with van der Waals surface area (Å²) < 4.78 is 5.64. The maximum absolute atomic E-state index is 5.64. The molecule has 1 aromatic heterocycles. The summed E-state index contributed by atoms with van der Waals surface area (Å²) in [5.41, 5.74) is 2.34. The molecule has 2 aromatic rings. The second-order valence-electron chi connectivity index (χ2n) is 3.29. The highest BCUT2D eigenvalue weighted by atomic mass is 16.5. The molecule has 2 heterocycles. The minimum atomic E-state index is 0.686. The van der Waals surface area contributed by atoms with Crippen molar-refractivity contribution in [3.05, 3.63) is 53.7 Å². The number of para-hydroxylation sites is 1. The van der Waals surface area contributed by atoms with Gasteiger partial charge in [0.05, 0.1) is 6.20 Å². The van der Waals surface area contributed by atoms with Crippen molar-refractivity contribution in [2.45, 2.75) is 6.42 Å². The molecule has 1 aliphatic rings. The molecule has 0 N–H and O–H groups in total. The Morgan fingerprint density at radius 2 is 2.07 bits per heavy atom. The van der Waals surface area contributed by atoms with E-state index < -0.39 is 0 Å². The first-order valence-corrected chi connectivity index (χ1v) is 4.55. The van der Waals surface area contributed by atoms with Crippen molar-refractivity contribution >= 4 is 0 Å². The first kappa shape index (κ1) is 7.56. The zero-order chi connectivity index (χ0) is 9.38. The highest BCUT2D eigenvalue weighted by Gasteiger charge is 2.16. The smallest absolute Gasteiger partial charge is 0.223 e. The molecule has 0 spiro atoms. The lowest BCUT2D eigenvalue weighted by molar-refractivity contribution is 0.440. The van der Waals surface area contributed by atoms with Crippen molar-refractivity contribution in [2.24, 2.45) is 0 Å². The Labute approximate surface area is 82.2 Å². The maximum Gasteiger partial charge on any atom is 0.223 e. The average Bonchev–Trinajstić information content (AvgIpc) is 2.26. The highest BCUT2D eigenvalue weighted by Crippen LogP contribution is 2.33. The lowest BCUT2D eigenvalue weighted by Gasteiger charge is -2.17. The summed E-state index contributed by atoms with van der Waals surface area (Å²) in [5, 5.41) is 0. The molecule has 0 aliphatic carbocycles. The predicted octanol–water partition coefficient (Wildman–Crippen LogP) is 2.58. The number of aromatic nitrogens is 1. The molecule has 0 unspecified atom stereocenters. The first-order chi connectivity index (χ1) is 6.93. The lowest BCUT2D eigenvalue weighted by atomic mass is 10.0. The summed E-state index contributed by atoms with van der Waals surface area (Å²) in [6, 6.07) is 11.8. The Bertz CT molecular complexity index is 392.